The zero-order valence-corrected chi connectivity index (χ0v) is 13.5. The molecule has 0 saturated carbocycles. The van der Waals surface area contributed by atoms with E-state index < -0.39 is 5.97 Å². The van der Waals surface area contributed by atoms with Crippen LogP contribution in [0.2, 0.25) is 0 Å². The van der Waals surface area contributed by atoms with Gasteiger partial charge in [0.1, 0.15) is 19.5 Å². The quantitative estimate of drug-likeness (QED) is 0.541. The van der Waals surface area contributed by atoms with E-state index in [0.717, 1.165) is 17.5 Å². The molecule has 4 rings (SSSR count). The molecule has 0 fully saturated rings. The highest BCUT2D eigenvalue weighted by Crippen LogP contribution is 2.36. The second-order valence-electron chi connectivity index (χ2n) is 5.91. The molecule has 0 spiro atoms. The monoisotopic (exact) mass is 336 g/mol. The summed E-state index contributed by atoms with van der Waals surface area (Å²) in [6.45, 7) is 0.353. The van der Waals surface area contributed by atoms with Gasteiger partial charge in [0.05, 0.1) is 0 Å². The highest BCUT2D eigenvalue weighted by atomic mass is 16.6. The summed E-state index contributed by atoms with van der Waals surface area (Å²) >= 11 is 0. The van der Waals surface area contributed by atoms with Crippen LogP contribution in [0.4, 0.5) is 0 Å². The van der Waals surface area contributed by atoms with Crippen LogP contribution in [0, 0.1) is 0 Å². The number of esters is 1. The minimum absolute atomic E-state index is 0.0121. The lowest BCUT2D eigenvalue weighted by molar-refractivity contribution is -0.143. The van der Waals surface area contributed by atoms with Crippen LogP contribution in [0.5, 0.6) is 0 Å². The van der Waals surface area contributed by atoms with Gasteiger partial charge in [-0.25, -0.2) is 4.79 Å². The van der Waals surface area contributed by atoms with Crippen molar-refractivity contribution in [3.63, 3.8) is 0 Å². The van der Waals surface area contributed by atoms with Gasteiger partial charge in [0, 0.05) is 5.56 Å². The molecular formula is C20H16O5. The molecule has 0 N–H and O–H groups in total. The predicted molar refractivity (Wildman–Crippen MR) is 90.0 cm³/mol. The van der Waals surface area contributed by atoms with Gasteiger partial charge in [-0.2, -0.15) is 0 Å². The zero-order valence-electron chi connectivity index (χ0n) is 13.5. The van der Waals surface area contributed by atoms with Gasteiger partial charge in [-0.15, -0.1) is 0 Å². The number of Topliss-reactive ketones (excluding diaryl/α,β-unsaturated/α-hetero) is 1. The smallest absolute Gasteiger partial charge is 0.377 e. The number of hydrogen-bond acceptors (Lipinski definition) is 5. The van der Waals surface area contributed by atoms with Crippen molar-refractivity contribution in [1.82, 2.24) is 0 Å². The minimum atomic E-state index is -0.695. The summed E-state index contributed by atoms with van der Waals surface area (Å²) in [7, 11) is 0. The van der Waals surface area contributed by atoms with Crippen molar-refractivity contribution in [2.45, 2.75) is 6.42 Å². The number of ether oxygens (including phenoxy) is 3. The fourth-order valence-corrected chi connectivity index (χ4v) is 3.06. The van der Waals surface area contributed by atoms with E-state index in [1.807, 2.05) is 24.3 Å². The first-order valence-corrected chi connectivity index (χ1v) is 8.08. The van der Waals surface area contributed by atoms with Crippen molar-refractivity contribution in [1.29, 1.82) is 0 Å². The van der Waals surface area contributed by atoms with Crippen LogP contribution in [0.15, 0.2) is 54.5 Å². The van der Waals surface area contributed by atoms with Crippen molar-refractivity contribution in [2.24, 2.45) is 0 Å². The predicted octanol–water partition coefficient (Wildman–Crippen LogP) is 2.87. The summed E-state index contributed by atoms with van der Waals surface area (Å²) < 4.78 is 15.2. The van der Waals surface area contributed by atoms with Crippen molar-refractivity contribution in [3.05, 3.63) is 71.2 Å². The maximum Gasteiger partial charge on any atom is 0.377 e. The van der Waals surface area contributed by atoms with Gasteiger partial charge >= 0.3 is 5.97 Å². The molecule has 0 bridgehead atoms. The van der Waals surface area contributed by atoms with E-state index in [1.165, 1.54) is 17.4 Å². The number of hydrogen-bond donors (Lipinski definition) is 0. The van der Waals surface area contributed by atoms with Crippen LogP contribution in [-0.2, 0) is 25.4 Å². The fourth-order valence-electron chi connectivity index (χ4n) is 3.06. The molecule has 0 aromatic heterocycles. The van der Waals surface area contributed by atoms with E-state index in [1.54, 1.807) is 6.07 Å². The second-order valence-corrected chi connectivity index (χ2v) is 5.91. The average Bonchev–Trinajstić information content (AvgIpc) is 3.04. The molecular weight excluding hydrogens is 320 g/mol. The highest BCUT2D eigenvalue weighted by molar-refractivity contribution is 6.00. The van der Waals surface area contributed by atoms with Crippen LogP contribution in [0.1, 0.15) is 21.5 Å². The van der Waals surface area contributed by atoms with Crippen molar-refractivity contribution in [2.75, 3.05) is 19.8 Å². The molecule has 5 nitrogen and oxygen atoms in total. The minimum Gasteiger partial charge on any atom is -0.493 e. The Bertz CT molecular complexity index is 881. The van der Waals surface area contributed by atoms with Crippen LogP contribution in [-0.4, -0.2) is 31.6 Å². The van der Waals surface area contributed by atoms with Crippen LogP contribution >= 0.6 is 0 Å². The van der Waals surface area contributed by atoms with E-state index in [2.05, 4.69) is 12.1 Å². The first-order valence-electron chi connectivity index (χ1n) is 8.08. The molecule has 0 amide bonds. The number of carbonyl (C=O) groups excluding carboxylic acids is 2. The maximum atomic E-state index is 12.4. The Morgan fingerprint density at radius 1 is 1.00 bits per heavy atom. The lowest BCUT2D eigenvalue weighted by atomic mass is 10.0. The summed E-state index contributed by atoms with van der Waals surface area (Å²) in [5.74, 6) is -0.959. The topological polar surface area (TPSA) is 61.8 Å². The van der Waals surface area contributed by atoms with E-state index in [0.29, 0.717) is 18.8 Å². The molecule has 2 aromatic rings. The second kappa shape index (κ2) is 6.43. The first kappa shape index (κ1) is 15.4. The molecule has 2 aliphatic rings. The molecule has 0 unspecified atom stereocenters. The third kappa shape index (κ3) is 3.01. The van der Waals surface area contributed by atoms with Crippen LogP contribution in [0.25, 0.3) is 11.1 Å². The molecule has 25 heavy (non-hydrogen) atoms. The highest BCUT2D eigenvalue weighted by Gasteiger charge is 2.21. The molecule has 126 valence electrons. The van der Waals surface area contributed by atoms with E-state index in [9.17, 15) is 9.59 Å². The number of ketones is 1. The van der Waals surface area contributed by atoms with E-state index in [4.69, 9.17) is 14.2 Å². The van der Waals surface area contributed by atoms with Gasteiger partial charge in [-0.1, -0.05) is 36.4 Å². The third-order valence-corrected chi connectivity index (χ3v) is 4.30. The van der Waals surface area contributed by atoms with Crippen molar-refractivity contribution in [3.8, 4) is 11.1 Å². The fraction of sp³-hybridized carbons (Fsp3) is 0.200. The maximum absolute atomic E-state index is 12.4. The van der Waals surface area contributed by atoms with E-state index >= 15 is 0 Å². The Morgan fingerprint density at radius 3 is 2.68 bits per heavy atom. The first-order chi connectivity index (χ1) is 12.2. The summed E-state index contributed by atoms with van der Waals surface area (Å²) in [4.78, 5) is 24.2. The summed E-state index contributed by atoms with van der Waals surface area (Å²) in [6, 6.07) is 13.8. The van der Waals surface area contributed by atoms with Gasteiger partial charge in [-0.3, -0.25) is 4.79 Å². The van der Waals surface area contributed by atoms with Gasteiger partial charge in [-0.05, 0) is 34.7 Å². The van der Waals surface area contributed by atoms with Gasteiger partial charge in [0.25, 0.3) is 0 Å². The number of benzene rings is 2. The summed E-state index contributed by atoms with van der Waals surface area (Å²) in [6.07, 6.45) is 2.09. The molecule has 0 radical (unpaired) electrons. The standard InChI is InChI=1S/C20H16O5/c21-18(11-25-20(22)19-12-23-7-8-24-19)15-6-5-14-9-13-3-1-2-4-16(13)17(14)10-15/h1-6,10,12H,7-9,11H2. The largest absolute Gasteiger partial charge is 0.493 e. The Morgan fingerprint density at radius 2 is 1.84 bits per heavy atom. The molecule has 1 aliphatic heterocycles. The lowest BCUT2D eigenvalue weighted by Crippen LogP contribution is -2.20. The molecule has 0 saturated heterocycles. The van der Waals surface area contributed by atoms with Crippen molar-refractivity contribution < 1.29 is 23.8 Å². The van der Waals surface area contributed by atoms with Crippen LogP contribution < -0.4 is 0 Å². The lowest BCUT2D eigenvalue weighted by Gasteiger charge is -2.14. The summed E-state index contributed by atoms with van der Waals surface area (Å²) in [5.41, 5.74) is 5.21. The number of carbonyl (C=O) groups is 2. The normalized spacial score (nSPS) is 14.5. The number of fused-ring (bicyclic) bond motifs is 3. The van der Waals surface area contributed by atoms with Gasteiger partial charge in [0.15, 0.2) is 12.4 Å². The third-order valence-electron chi connectivity index (χ3n) is 4.30. The molecule has 1 heterocycles. The molecule has 2 aromatic carbocycles. The SMILES string of the molecule is O=C(OCC(=O)c1ccc2c(c1)-c1ccccc1C2)C1=COCCO1. The van der Waals surface area contributed by atoms with Gasteiger partial charge < -0.3 is 14.2 Å². The Kier molecular flexibility index (Phi) is 3.98. The molecule has 0 atom stereocenters. The van der Waals surface area contributed by atoms with Crippen LogP contribution in [0.3, 0.4) is 0 Å². The van der Waals surface area contributed by atoms with Crippen molar-refractivity contribution >= 4 is 11.8 Å². The number of rotatable bonds is 4. The van der Waals surface area contributed by atoms with E-state index in [-0.39, 0.29) is 18.1 Å². The average molecular weight is 336 g/mol. The Hall–Kier alpha value is -3.08. The zero-order chi connectivity index (χ0) is 17.2. The Balaban J connectivity index is 1.47. The van der Waals surface area contributed by atoms with Gasteiger partial charge in [0.2, 0.25) is 5.76 Å². The summed E-state index contributed by atoms with van der Waals surface area (Å²) in [5, 5.41) is 0. The Labute approximate surface area is 144 Å². The molecule has 5 heteroatoms. The molecule has 1 aliphatic carbocycles.